The Kier molecular flexibility index (Phi) is 4.95. The molecule has 1 aliphatic heterocycles. The lowest BCUT2D eigenvalue weighted by molar-refractivity contribution is 0.186. The number of aromatic nitrogens is 2. The van der Waals surface area contributed by atoms with Crippen LogP contribution in [0.25, 0.3) is 11.0 Å². The summed E-state index contributed by atoms with van der Waals surface area (Å²) in [6, 6.07) is 8.31. The van der Waals surface area contributed by atoms with E-state index in [0.717, 1.165) is 30.7 Å². The largest absolute Gasteiger partial charge is 0.383 e. The van der Waals surface area contributed by atoms with E-state index in [0.29, 0.717) is 12.2 Å². The molecule has 1 fully saturated rings. The lowest BCUT2D eigenvalue weighted by Crippen LogP contribution is -2.35. The van der Waals surface area contributed by atoms with Crippen molar-refractivity contribution in [1.29, 1.82) is 5.41 Å². The molecule has 0 aliphatic carbocycles. The van der Waals surface area contributed by atoms with Gasteiger partial charge in [-0.05, 0) is 38.1 Å². The number of methoxy groups -OCH3 is 1. The number of ether oxygens (including phenoxy) is 1. The Labute approximate surface area is 131 Å². The Balaban J connectivity index is 1.84. The third-order valence-electron chi connectivity index (χ3n) is 4.58. The first kappa shape index (κ1) is 15.3. The van der Waals surface area contributed by atoms with E-state index in [1.54, 1.807) is 7.11 Å². The third-order valence-corrected chi connectivity index (χ3v) is 4.58. The molecule has 2 aromatic rings. The predicted octanol–water partition coefficient (Wildman–Crippen LogP) is 2.05. The smallest absolute Gasteiger partial charge is 0.203 e. The third kappa shape index (κ3) is 3.10. The van der Waals surface area contributed by atoms with Crippen LogP contribution in [0.3, 0.4) is 0 Å². The molecule has 0 amide bonds. The lowest BCUT2D eigenvalue weighted by Gasteiger charge is -2.26. The van der Waals surface area contributed by atoms with Crippen LogP contribution in [0.2, 0.25) is 0 Å². The summed E-state index contributed by atoms with van der Waals surface area (Å²) in [7, 11) is 1.71. The molecule has 5 nitrogen and oxygen atoms in total. The Morgan fingerprint density at radius 3 is 2.23 bits per heavy atom. The summed E-state index contributed by atoms with van der Waals surface area (Å²) in [5.41, 5.74) is 2.86. The van der Waals surface area contributed by atoms with Gasteiger partial charge in [-0.25, -0.2) is 0 Å². The van der Waals surface area contributed by atoms with Crippen LogP contribution >= 0.6 is 0 Å². The highest BCUT2D eigenvalue weighted by molar-refractivity contribution is 5.75. The summed E-state index contributed by atoms with van der Waals surface area (Å²) in [5, 5.41) is 8.52. The molecule has 0 radical (unpaired) electrons. The molecule has 1 N–H and O–H groups in total. The summed E-state index contributed by atoms with van der Waals surface area (Å²) in [4.78, 5) is 2.53. The van der Waals surface area contributed by atoms with Crippen LogP contribution in [-0.2, 0) is 17.8 Å². The minimum absolute atomic E-state index is 0.579. The van der Waals surface area contributed by atoms with Gasteiger partial charge in [0.2, 0.25) is 5.62 Å². The SMILES string of the molecule is COCCn1c(=N)n(CCN2CCCCC2)c2ccccc21. The number of hydrogen-bond acceptors (Lipinski definition) is 3. The zero-order valence-corrected chi connectivity index (χ0v) is 13.4. The highest BCUT2D eigenvalue weighted by Gasteiger charge is 2.13. The van der Waals surface area contributed by atoms with Gasteiger partial charge in [0, 0.05) is 26.7 Å². The van der Waals surface area contributed by atoms with Crippen LogP contribution < -0.4 is 5.62 Å². The van der Waals surface area contributed by atoms with Crippen molar-refractivity contribution >= 4 is 11.0 Å². The number of fused-ring (bicyclic) bond motifs is 1. The number of piperidine rings is 1. The average Bonchev–Trinajstić information content (AvgIpc) is 2.83. The van der Waals surface area contributed by atoms with Crippen LogP contribution in [0, 0.1) is 5.41 Å². The molecule has 1 aliphatic rings. The van der Waals surface area contributed by atoms with Gasteiger partial charge in [-0.1, -0.05) is 18.6 Å². The van der Waals surface area contributed by atoms with Gasteiger partial charge in [0.25, 0.3) is 0 Å². The second kappa shape index (κ2) is 7.11. The number of rotatable bonds is 6. The van der Waals surface area contributed by atoms with Gasteiger partial charge in [-0.3, -0.25) is 5.41 Å². The van der Waals surface area contributed by atoms with E-state index in [1.165, 1.54) is 32.4 Å². The van der Waals surface area contributed by atoms with E-state index in [1.807, 2.05) is 6.07 Å². The average molecular weight is 302 g/mol. The van der Waals surface area contributed by atoms with Gasteiger partial charge in [0.15, 0.2) is 0 Å². The molecule has 3 rings (SSSR count). The fraction of sp³-hybridized carbons (Fsp3) is 0.588. The Morgan fingerprint density at radius 2 is 1.59 bits per heavy atom. The van der Waals surface area contributed by atoms with E-state index in [4.69, 9.17) is 10.1 Å². The molecule has 0 spiro atoms. The van der Waals surface area contributed by atoms with Gasteiger partial charge < -0.3 is 18.8 Å². The summed E-state index contributed by atoms with van der Waals surface area (Å²) >= 11 is 0. The molecular formula is C17H26N4O. The van der Waals surface area contributed by atoms with Crippen molar-refractivity contribution in [2.75, 3.05) is 33.4 Å². The zero-order valence-electron chi connectivity index (χ0n) is 13.4. The molecule has 1 aromatic carbocycles. The standard InChI is InChI=1S/C17H26N4O/c1-22-14-13-21-16-8-4-3-7-15(16)20(17(21)18)12-11-19-9-5-2-6-10-19/h3-4,7-8,18H,2,5-6,9-14H2,1H3. The quantitative estimate of drug-likeness (QED) is 0.888. The van der Waals surface area contributed by atoms with Gasteiger partial charge >= 0.3 is 0 Å². The zero-order chi connectivity index (χ0) is 15.4. The number of nitrogens with zero attached hydrogens (tertiary/aromatic N) is 3. The van der Waals surface area contributed by atoms with E-state index >= 15 is 0 Å². The first-order valence-electron chi connectivity index (χ1n) is 8.25. The molecule has 0 unspecified atom stereocenters. The Bertz CT molecular complexity index is 667. The molecule has 0 bridgehead atoms. The van der Waals surface area contributed by atoms with E-state index in [2.05, 4.69) is 32.2 Å². The second-order valence-corrected chi connectivity index (χ2v) is 6.01. The van der Waals surface area contributed by atoms with Crippen LogP contribution in [0.1, 0.15) is 19.3 Å². The normalized spacial score (nSPS) is 16.4. The fourth-order valence-electron chi connectivity index (χ4n) is 3.35. The monoisotopic (exact) mass is 302 g/mol. The first-order chi connectivity index (χ1) is 10.8. The van der Waals surface area contributed by atoms with E-state index in [9.17, 15) is 0 Å². The second-order valence-electron chi connectivity index (χ2n) is 6.01. The minimum Gasteiger partial charge on any atom is -0.383 e. The lowest BCUT2D eigenvalue weighted by atomic mass is 10.1. The number of imidazole rings is 1. The number of hydrogen-bond donors (Lipinski definition) is 1. The molecule has 2 heterocycles. The maximum absolute atomic E-state index is 8.52. The Morgan fingerprint density at radius 1 is 0.955 bits per heavy atom. The maximum Gasteiger partial charge on any atom is 0.203 e. The van der Waals surface area contributed by atoms with Crippen molar-refractivity contribution in [3.8, 4) is 0 Å². The summed E-state index contributed by atoms with van der Waals surface area (Å²) in [5.74, 6) is 0. The number of nitrogens with one attached hydrogen (secondary N) is 1. The highest BCUT2D eigenvalue weighted by Crippen LogP contribution is 2.14. The van der Waals surface area contributed by atoms with Crippen LogP contribution in [0.4, 0.5) is 0 Å². The molecule has 120 valence electrons. The van der Waals surface area contributed by atoms with E-state index < -0.39 is 0 Å². The molecule has 22 heavy (non-hydrogen) atoms. The minimum atomic E-state index is 0.579. The van der Waals surface area contributed by atoms with Crippen molar-refractivity contribution in [2.24, 2.45) is 0 Å². The van der Waals surface area contributed by atoms with Crippen LogP contribution in [0.15, 0.2) is 24.3 Å². The molecule has 1 aromatic heterocycles. The van der Waals surface area contributed by atoms with Crippen molar-refractivity contribution in [3.05, 3.63) is 29.9 Å². The van der Waals surface area contributed by atoms with Crippen LogP contribution in [0.5, 0.6) is 0 Å². The van der Waals surface area contributed by atoms with Crippen molar-refractivity contribution < 1.29 is 4.74 Å². The van der Waals surface area contributed by atoms with E-state index in [-0.39, 0.29) is 0 Å². The molecule has 5 heteroatoms. The van der Waals surface area contributed by atoms with Gasteiger partial charge in [0.1, 0.15) is 0 Å². The van der Waals surface area contributed by atoms with Crippen molar-refractivity contribution in [3.63, 3.8) is 0 Å². The van der Waals surface area contributed by atoms with Crippen molar-refractivity contribution in [1.82, 2.24) is 14.0 Å². The first-order valence-corrected chi connectivity index (χ1v) is 8.25. The van der Waals surface area contributed by atoms with Crippen molar-refractivity contribution in [2.45, 2.75) is 32.4 Å². The van der Waals surface area contributed by atoms with Gasteiger partial charge in [-0.15, -0.1) is 0 Å². The fourth-order valence-corrected chi connectivity index (χ4v) is 3.35. The molecule has 0 saturated carbocycles. The predicted molar refractivity (Wildman–Crippen MR) is 87.9 cm³/mol. The summed E-state index contributed by atoms with van der Waals surface area (Å²) in [6.07, 6.45) is 3.99. The summed E-state index contributed by atoms with van der Waals surface area (Å²) in [6.45, 7) is 5.70. The van der Waals surface area contributed by atoms with Crippen LogP contribution in [-0.4, -0.2) is 47.4 Å². The van der Waals surface area contributed by atoms with Gasteiger partial charge in [-0.2, -0.15) is 0 Å². The molecule has 0 atom stereocenters. The number of likely N-dealkylation sites (tertiary alicyclic amines) is 1. The number of benzene rings is 1. The summed E-state index contributed by atoms with van der Waals surface area (Å²) < 4.78 is 9.38. The molecule has 1 saturated heterocycles. The molecular weight excluding hydrogens is 276 g/mol. The number of para-hydroxylation sites is 2. The maximum atomic E-state index is 8.52. The highest BCUT2D eigenvalue weighted by atomic mass is 16.5. The topological polar surface area (TPSA) is 46.2 Å². The van der Waals surface area contributed by atoms with Gasteiger partial charge in [0.05, 0.1) is 17.6 Å². The Hall–Kier alpha value is -1.59.